The number of unbranched alkanes of at least 4 members (excludes halogenated alkanes) is 3. The molecule has 0 aliphatic carbocycles. The zero-order valence-electron chi connectivity index (χ0n) is 11.3. The lowest BCUT2D eigenvalue weighted by atomic mass is 10.2. The molecule has 0 spiro atoms. The van der Waals surface area contributed by atoms with Crippen LogP contribution in [0.25, 0.3) is 0 Å². The van der Waals surface area contributed by atoms with Crippen molar-refractivity contribution in [3.8, 4) is 0 Å². The topological polar surface area (TPSA) is 52.6 Å². The highest BCUT2D eigenvalue weighted by atomic mass is 33.1. The molecule has 0 saturated heterocycles. The van der Waals surface area contributed by atoms with E-state index in [0.29, 0.717) is 0 Å². The van der Waals surface area contributed by atoms with E-state index < -0.39 is 0 Å². The van der Waals surface area contributed by atoms with Crippen LogP contribution in [0, 0.1) is 0 Å². The Hall–Kier alpha value is 1.36. The van der Waals surface area contributed by atoms with E-state index in [0.717, 1.165) is 61.3 Å². The smallest absolute Gasteiger partial charge is 0.283 e. The van der Waals surface area contributed by atoms with Crippen molar-refractivity contribution in [3.05, 3.63) is 0 Å². The van der Waals surface area contributed by atoms with Crippen LogP contribution in [0.1, 0.15) is 25.7 Å². The molecule has 4 nitrogen and oxygen atoms in total. The van der Waals surface area contributed by atoms with Gasteiger partial charge in [0.05, 0.1) is 38.3 Å². The largest absolute Gasteiger partial charge is 0.311 e. The van der Waals surface area contributed by atoms with E-state index in [1.54, 1.807) is 21.6 Å². The van der Waals surface area contributed by atoms with Gasteiger partial charge in [-0.15, -0.1) is 0 Å². The van der Waals surface area contributed by atoms with Gasteiger partial charge in [-0.1, -0.05) is 34.4 Å². The number of rotatable bonds is 11. The van der Waals surface area contributed by atoms with Gasteiger partial charge in [-0.3, -0.25) is 9.59 Å². The van der Waals surface area contributed by atoms with Gasteiger partial charge in [0.2, 0.25) is 0 Å². The van der Waals surface area contributed by atoms with E-state index in [1.165, 1.54) is 35.8 Å². The first kappa shape index (κ1) is 21.4. The van der Waals surface area contributed by atoms with Crippen molar-refractivity contribution in [1.29, 1.82) is 0 Å². The van der Waals surface area contributed by atoms with Gasteiger partial charge >= 0.3 is 0 Å². The highest BCUT2D eigenvalue weighted by Gasteiger charge is 2.04. The Morgan fingerprint density at radius 2 is 1.15 bits per heavy atom. The molecule has 10 heteroatoms. The van der Waals surface area contributed by atoms with Crippen molar-refractivity contribution in [1.82, 2.24) is 0 Å². The van der Waals surface area contributed by atoms with Crippen LogP contribution in [0.5, 0.6) is 0 Å². The first-order valence-electron chi connectivity index (χ1n) is 5.79. The zero-order chi connectivity index (χ0) is 15.1. The molecule has 0 N–H and O–H groups in total. The van der Waals surface area contributed by atoms with Gasteiger partial charge in [0.1, 0.15) is 0 Å². The van der Waals surface area contributed by atoms with E-state index in [-0.39, 0.29) is 8.89 Å². The van der Waals surface area contributed by atoms with Crippen LogP contribution in [0.3, 0.4) is 0 Å². The minimum atomic E-state index is -0.00970. The Morgan fingerprint density at radius 1 is 0.750 bits per heavy atom. The molecule has 0 aliphatic rings. The summed E-state index contributed by atoms with van der Waals surface area (Å²) in [5.41, 5.74) is 0. The Labute approximate surface area is 145 Å². The third kappa shape index (κ3) is 15.7. The van der Waals surface area contributed by atoms with Crippen LogP contribution in [-0.4, -0.2) is 34.6 Å². The van der Waals surface area contributed by atoms with Crippen molar-refractivity contribution in [2.24, 2.45) is 0 Å². The molecular weight excluding hydrogens is 377 g/mol. The van der Waals surface area contributed by atoms with Crippen LogP contribution >= 0.6 is 67.3 Å². The second kappa shape index (κ2) is 16.7. The molecule has 0 unspecified atom stereocenters. The van der Waals surface area contributed by atoms with Crippen LogP contribution in [-0.2, 0) is 8.37 Å². The lowest BCUT2D eigenvalue weighted by Gasteiger charge is -2.01. The molecule has 0 atom stereocenters. The minimum absolute atomic E-state index is 0.00970. The van der Waals surface area contributed by atoms with Gasteiger partial charge in [0, 0.05) is 11.5 Å². The molecule has 0 bridgehead atoms. The number of carbonyl (C=O) groups excluding carboxylic acids is 2. The van der Waals surface area contributed by atoms with Crippen molar-refractivity contribution in [3.63, 3.8) is 0 Å². The van der Waals surface area contributed by atoms with Crippen molar-refractivity contribution in [2.75, 3.05) is 25.7 Å². The number of carbonyl (C=O) groups is 2. The summed E-state index contributed by atoms with van der Waals surface area (Å²) in [6.45, 7) is 0. The van der Waals surface area contributed by atoms with Crippen molar-refractivity contribution >= 4 is 76.2 Å². The summed E-state index contributed by atoms with van der Waals surface area (Å²) < 4.78 is 9.31. The monoisotopic (exact) mass is 394 g/mol. The molecular formula is C10H18O4S6. The molecule has 0 aromatic heterocycles. The minimum Gasteiger partial charge on any atom is -0.311 e. The van der Waals surface area contributed by atoms with Crippen molar-refractivity contribution < 1.29 is 18.0 Å². The maximum Gasteiger partial charge on any atom is 0.283 e. The summed E-state index contributed by atoms with van der Waals surface area (Å²) in [6, 6.07) is 0. The zero-order valence-corrected chi connectivity index (χ0v) is 16.2. The van der Waals surface area contributed by atoms with Crippen LogP contribution in [0.2, 0.25) is 0 Å². The van der Waals surface area contributed by atoms with E-state index >= 15 is 0 Å². The van der Waals surface area contributed by atoms with Crippen LogP contribution in [0.15, 0.2) is 0 Å². The summed E-state index contributed by atoms with van der Waals surface area (Å²) in [4.78, 5) is 22.2. The molecule has 0 fully saturated rings. The molecule has 0 amide bonds. The second-order valence-electron chi connectivity index (χ2n) is 3.22. The first-order chi connectivity index (χ1) is 9.70. The van der Waals surface area contributed by atoms with E-state index in [1.807, 2.05) is 0 Å². The molecule has 0 rings (SSSR count). The number of hydrogen-bond acceptors (Lipinski definition) is 10. The maximum absolute atomic E-state index is 11.1. The Kier molecular flexibility index (Phi) is 17.9. The summed E-state index contributed by atoms with van der Waals surface area (Å²) >= 11 is 1.75. The Bertz CT molecular complexity index is 240. The van der Waals surface area contributed by atoms with E-state index in [4.69, 9.17) is 0 Å². The molecule has 0 aromatic carbocycles. The lowest BCUT2D eigenvalue weighted by Crippen LogP contribution is -1.84. The fourth-order valence-corrected chi connectivity index (χ4v) is 6.08. The molecule has 0 aliphatic heterocycles. The first-order valence-corrected chi connectivity index (χ1v) is 11.9. The van der Waals surface area contributed by atoms with E-state index in [2.05, 4.69) is 8.37 Å². The third-order valence-corrected chi connectivity index (χ3v) is 7.94. The summed E-state index contributed by atoms with van der Waals surface area (Å²) in [6.07, 6.45) is 4.54. The molecule has 20 heavy (non-hydrogen) atoms. The van der Waals surface area contributed by atoms with Gasteiger partial charge in [0.25, 0.3) is 8.89 Å². The Morgan fingerprint density at radius 3 is 1.50 bits per heavy atom. The fourth-order valence-electron chi connectivity index (χ4n) is 1.02. The average Bonchev–Trinajstić information content (AvgIpc) is 2.41. The average molecular weight is 395 g/mol. The van der Waals surface area contributed by atoms with Gasteiger partial charge in [-0.2, -0.15) is 0 Å². The SMILES string of the molecule is COSC(=O)SSCCCCCCSSC(=O)SOC. The van der Waals surface area contributed by atoms with Gasteiger partial charge in [0.15, 0.2) is 0 Å². The Balaban J connectivity index is 3.13. The maximum atomic E-state index is 11.1. The summed E-state index contributed by atoms with van der Waals surface area (Å²) in [5.74, 6) is 1.96. The molecule has 0 heterocycles. The molecule has 0 saturated carbocycles. The highest BCUT2D eigenvalue weighted by Crippen LogP contribution is 2.31. The molecule has 118 valence electrons. The van der Waals surface area contributed by atoms with Gasteiger partial charge < -0.3 is 8.37 Å². The predicted octanol–water partition coefficient (Wildman–Crippen LogP) is 6.14. The van der Waals surface area contributed by atoms with Crippen molar-refractivity contribution in [2.45, 2.75) is 25.7 Å². The van der Waals surface area contributed by atoms with E-state index in [9.17, 15) is 9.59 Å². The summed E-state index contributed by atoms with van der Waals surface area (Å²) in [5, 5.41) is 0. The normalized spacial score (nSPS) is 10.7. The highest BCUT2D eigenvalue weighted by molar-refractivity contribution is 8.86. The van der Waals surface area contributed by atoms with Gasteiger partial charge in [-0.05, 0) is 34.4 Å². The predicted molar refractivity (Wildman–Crippen MR) is 98.6 cm³/mol. The van der Waals surface area contributed by atoms with Crippen LogP contribution in [0.4, 0.5) is 9.59 Å². The fraction of sp³-hybridized carbons (Fsp3) is 0.800. The quantitative estimate of drug-likeness (QED) is 0.232. The molecule has 0 aromatic rings. The second-order valence-corrected chi connectivity index (χ2v) is 10.3. The van der Waals surface area contributed by atoms with Crippen LogP contribution < -0.4 is 0 Å². The third-order valence-electron chi connectivity index (χ3n) is 1.76. The summed E-state index contributed by atoms with van der Waals surface area (Å²) in [7, 11) is 8.61. The van der Waals surface area contributed by atoms with Gasteiger partial charge in [-0.25, -0.2) is 0 Å². The number of hydrogen-bond donors (Lipinski definition) is 0. The standard InChI is InChI=1S/C10H18O4S6/c1-13-17-9(11)19-15-7-5-3-4-6-8-16-20-10(12)18-14-2/h3-8H2,1-2H3. The molecule has 0 radical (unpaired) electrons. The lowest BCUT2D eigenvalue weighted by molar-refractivity contribution is 0.274.